The fraction of sp³-hybridized carbons (Fsp3) is 0.438. The van der Waals surface area contributed by atoms with E-state index in [1.54, 1.807) is 12.5 Å². The molecule has 3 rings (SSSR count). The van der Waals surface area contributed by atoms with E-state index in [9.17, 15) is 17.6 Å². The Morgan fingerprint density at radius 1 is 1.17 bits per heavy atom. The van der Waals surface area contributed by atoms with Crippen LogP contribution in [-0.4, -0.2) is 27.5 Å². The molecule has 0 aliphatic carbocycles. The number of hydrogen-bond acceptors (Lipinski definition) is 2. The Bertz CT molecular complexity index is 644. The van der Waals surface area contributed by atoms with Crippen molar-refractivity contribution in [2.75, 3.05) is 13.1 Å². The Labute approximate surface area is 131 Å². The van der Waals surface area contributed by atoms with Crippen LogP contribution in [0.25, 0.3) is 0 Å². The molecule has 0 atom stereocenters. The molecule has 0 amide bonds. The number of aromatic nitrogens is 2. The van der Waals surface area contributed by atoms with Crippen molar-refractivity contribution in [3.8, 4) is 0 Å². The molecule has 3 nitrogen and oxygen atoms in total. The van der Waals surface area contributed by atoms with Crippen LogP contribution < -0.4 is 0 Å². The third-order valence-electron chi connectivity index (χ3n) is 4.27. The average Bonchev–Trinajstić information content (AvgIpc) is 3.03. The van der Waals surface area contributed by atoms with Gasteiger partial charge in [-0.05, 0) is 30.5 Å². The van der Waals surface area contributed by atoms with Gasteiger partial charge in [-0.15, -0.1) is 0 Å². The molecule has 124 valence electrons. The van der Waals surface area contributed by atoms with E-state index in [0.29, 0.717) is 25.2 Å². The first kappa shape index (κ1) is 16.0. The summed E-state index contributed by atoms with van der Waals surface area (Å²) in [6.45, 7) is 1.60. The van der Waals surface area contributed by atoms with Gasteiger partial charge in [0.2, 0.25) is 0 Å². The van der Waals surface area contributed by atoms with Crippen molar-refractivity contribution in [3.63, 3.8) is 0 Å². The fourth-order valence-corrected chi connectivity index (χ4v) is 3.05. The molecule has 1 aromatic carbocycles. The van der Waals surface area contributed by atoms with Gasteiger partial charge < -0.3 is 4.57 Å². The number of likely N-dealkylation sites (tertiary alicyclic amines) is 1. The molecule has 0 bridgehead atoms. The van der Waals surface area contributed by atoms with Gasteiger partial charge in [0.05, 0.1) is 11.9 Å². The summed E-state index contributed by atoms with van der Waals surface area (Å²) in [5.74, 6) is -0.861. The highest BCUT2D eigenvalue weighted by atomic mass is 19.4. The van der Waals surface area contributed by atoms with Crippen LogP contribution in [0.2, 0.25) is 0 Å². The topological polar surface area (TPSA) is 21.1 Å². The number of halogens is 4. The van der Waals surface area contributed by atoms with E-state index in [0.717, 1.165) is 18.9 Å². The lowest BCUT2D eigenvalue weighted by atomic mass is 10.0. The monoisotopic (exact) mass is 327 g/mol. The minimum atomic E-state index is -4.54. The molecular weight excluding hydrogens is 310 g/mol. The molecule has 0 radical (unpaired) electrons. The van der Waals surface area contributed by atoms with Crippen molar-refractivity contribution in [2.45, 2.75) is 31.6 Å². The molecule has 2 aromatic rings. The third-order valence-corrected chi connectivity index (χ3v) is 4.27. The number of alkyl halides is 3. The quantitative estimate of drug-likeness (QED) is 0.798. The molecule has 0 N–H and O–H groups in total. The molecule has 0 spiro atoms. The molecular formula is C16H17F4N3. The van der Waals surface area contributed by atoms with Crippen LogP contribution in [0.1, 0.15) is 30.0 Å². The molecule has 7 heteroatoms. The first-order chi connectivity index (χ1) is 10.9. The lowest BCUT2D eigenvalue weighted by molar-refractivity contribution is -0.138. The van der Waals surface area contributed by atoms with E-state index in [4.69, 9.17) is 0 Å². The van der Waals surface area contributed by atoms with E-state index in [2.05, 4.69) is 4.98 Å². The Hall–Kier alpha value is -1.89. The van der Waals surface area contributed by atoms with E-state index in [-0.39, 0.29) is 12.1 Å². The van der Waals surface area contributed by atoms with Crippen LogP contribution in [0.15, 0.2) is 36.9 Å². The summed E-state index contributed by atoms with van der Waals surface area (Å²) in [4.78, 5) is 6.00. The van der Waals surface area contributed by atoms with Gasteiger partial charge in [0.15, 0.2) is 0 Å². The maximum absolute atomic E-state index is 13.1. The van der Waals surface area contributed by atoms with Gasteiger partial charge in [0, 0.05) is 38.1 Å². The number of nitrogens with zero attached hydrogens (tertiary/aromatic N) is 3. The summed E-state index contributed by atoms with van der Waals surface area (Å²) >= 11 is 0. The lowest BCUT2D eigenvalue weighted by Gasteiger charge is -2.33. The first-order valence-corrected chi connectivity index (χ1v) is 7.49. The second kappa shape index (κ2) is 6.31. The Morgan fingerprint density at radius 3 is 2.52 bits per heavy atom. The normalized spacial score (nSPS) is 17.6. The summed E-state index contributed by atoms with van der Waals surface area (Å²) in [6, 6.07) is 3.24. The van der Waals surface area contributed by atoms with Gasteiger partial charge in [-0.3, -0.25) is 4.90 Å². The summed E-state index contributed by atoms with van der Waals surface area (Å²) in [5, 5.41) is 0. The van der Waals surface area contributed by atoms with Gasteiger partial charge in [-0.1, -0.05) is 6.07 Å². The van der Waals surface area contributed by atoms with E-state index < -0.39 is 17.6 Å². The number of rotatable bonds is 3. The fourth-order valence-electron chi connectivity index (χ4n) is 3.05. The Morgan fingerprint density at radius 2 is 1.91 bits per heavy atom. The standard InChI is InChI=1S/C16H17F4N3/c17-13-2-1-12(15(9-13)16(18,19)20)10-22-6-3-14(4-7-22)23-8-5-21-11-23/h1-2,5,8-9,11,14H,3-4,6-7,10H2. The Kier molecular flexibility index (Phi) is 4.39. The smallest absolute Gasteiger partial charge is 0.334 e. The van der Waals surface area contributed by atoms with Crippen LogP contribution in [0.4, 0.5) is 17.6 Å². The summed E-state index contributed by atoms with van der Waals surface area (Å²) in [6.07, 6.45) is 2.58. The highest BCUT2D eigenvalue weighted by Gasteiger charge is 2.34. The zero-order valence-electron chi connectivity index (χ0n) is 12.4. The van der Waals surface area contributed by atoms with Crippen LogP contribution >= 0.6 is 0 Å². The molecule has 23 heavy (non-hydrogen) atoms. The molecule has 1 aliphatic rings. The first-order valence-electron chi connectivity index (χ1n) is 7.49. The SMILES string of the molecule is Fc1ccc(CN2CCC(n3ccnc3)CC2)c(C(F)(F)F)c1. The maximum Gasteiger partial charge on any atom is 0.416 e. The molecule has 1 aromatic heterocycles. The average molecular weight is 327 g/mol. The van der Waals surface area contributed by atoms with Crippen LogP contribution in [0.5, 0.6) is 0 Å². The van der Waals surface area contributed by atoms with E-state index in [1.807, 2.05) is 15.7 Å². The second-order valence-electron chi connectivity index (χ2n) is 5.82. The third kappa shape index (κ3) is 3.72. The van der Waals surface area contributed by atoms with Crippen molar-refractivity contribution in [1.82, 2.24) is 14.5 Å². The lowest BCUT2D eigenvalue weighted by Crippen LogP contribution is -2.34. The zero-order chi connectivity index (χ0) is 16.4. The van der Waals surface area contributed by atoms with Gasteiger partial charge >= 0.3 is 6.18 Å². The van der Waals surface area contributed by atoms with Crippen molar-refractivity contribution < 1.29 is 17.6 Å². The van der Waals surface area contributed by atoms with Crippen LogP contribution in [0.3, 0.4) is 0 Å². The van der Waals surface area contributed by atoms with Gasteiger partial charge in [-0.2, -0.15) is 13.2 Å². The van der Waals surface area contributed by atoms with Gasteiger partial charge in [-0.25, -0.2) is 9.37 Å². The van der Waals surface area contributed by atoms with Gasteiger partial charge in [0.25, 0.3) is 0 Å². The number of piperidine rings is 1. The highest BCUT2D eigenvalue weighted by Crippen LogP contribution is 2.33. The molecule has 1 fully saturated rings. The van der Waals surface area contributed by atoms with Crippen LogP contribution in [0, 0.1) is 5.82 Å². The molecule has 0 unspecified atom stereocenters. The molecule has 2 heterocycles. The molecule has 0 saturated carbocycles. The summed E-state index contributed by atoms with van der Waals surface area (Å²) < 4.78 is 54.3. The minimum Gasteiger partial charge on any atom is -0.334 e. The van der Waals surface area contributed by atoms with Crippen molar-refractivity contribution in [3.05, 3.63) is 53.9 Å². The molecule has 1 aliphatic heterocycles. The highest BCUT2D eigenvalue weighted by molar-refractivity contribution is 5.30. The molecule has 1 saturated heterocycles. The number of benzene rings is 1. The maximum atomic E-state index is 13.1. The van der Waals surface area contributed by atoms with Crippen molar-refractivity contribution in [2.24, 2.45) is 0 Å². The number of hydrogen-bond donors (Lipinski definition) is 0. The van der Waals surface area contributed by atoms with Crippen molar-refractivity contribution in [1.29, 1.82) is 0 Å². The van der Waals surface area contributed by atoms with E-state index >= 15 is 0 Å². The van der Waals surface area contributed by atoms with Crippen molar-refractivity contribution >= 4 is 0 Å². The predicted octanol–water partition coefficient (Wildman–Crippen LogP) is 3.88. The largest absolute Gasteiger partial charge is 0.416 e. The zero-order valence-corrected chi connectivity index (χ0v) is 12.4. The van der Waals surface area contributed by atoms with Crippen LogP contribution in [-0.2, 0) is 12.7 Å². The number of imidazole rings is 1. The van der Waals surface area contributed by atoms with E-state index in [1.165, 1.54) is 6.07 Å². The second-order valence-corrected chi connectivity index (χ2v) is 5.82. The van der Waals surface area contributed by atoms with Gasteiger partial charge in [0.1, 0.15) is 5.82 Å². The minimum absolute atomic E-state index is 0.125. The Balaban J connectivity index is 1.67. The predicted molar refractivity (Wildman–Crippen MR) is 77.2 cm³/mol. The summed E-state index contributed by atoms with van der Waals surface area (Å²) in [7, 11) is 0. The summed E-state index contributed by atoms with van der Waals surface area (Å²) in [5.41, 5.74) is -0.755.